The van der Waals surface area contributed by atoms with Crippen molar-refractivity contribution in [3.8, 4) is 0 Å². The summed E-state index contributed by atoms with van der Waals surface area (Å²) >= 11 is 6.89. The lowest BCUT2D eigenvalue weighted by Gasteiger charge is -2.36. The van der Waals surface area contributed by atoms with E-state index >= 15 is 0 Å². The molecule has 5 nitrogen and oxygen atoms in total. The van der Waals surface area contributed by atoms with Gasteiger partial charge < -0.3 is 15.0 Å². The van der Waals surface area contributed by atoms with E-state index in [9.17, 15) is 4.79 Å². The fourth-order valence-electron chi connectivity index (χ4n) is 2.07. The van der Waals surface area contributed by atoms with E-state index in [-0.39, 0.29) is 18.0 Å². The SMILES string of the molecule is CC(C)NC(=O)C1COCCN1c1ncc(Br)cc1Br. The molecule has 110 valence electrons. The second-order valence-corrected chi connectivity index (χ2v) is 6.68. The molecule has 1 saturated heterocycles. The summed E-state index contributed by atoms with van der Waals surface area (Å²) in [4.78, 5) is 18.7. The molecule has 1 atom stereocenters. The summed E-state index contributed by atoms with van der Waals surface area (Å²) in [5, 5.41) is 2.93. The summed E-state index contributed by atoms with van der Waals surface area (Å²) in [5.41, 5.74) is 0. The van der Waals surface area contributed by atoms with E-state index in [2.05, 4.69) is 42.2 Å². The first-order valence-corrected chi connectivity index (χ1v) is 8.03. The van der Waals surface area contributed by atoms with Crippen LogP contribution >= 0.6 is 31.9 Å². The van der Waals surface area contributed by atoms with Gasteiger partial charge in [0.2, 0.25) is 5.91 Å². The van der Waals surface area contributed by atoms with Crippen LogP contribution in [0.4, 0.5) is 5.82 Å². The first-order valence-electron chi connectivity index (χ1n) is 6.45. The number of hydrogen-bond donors (Lipinski definition) is 1. The highest BCUT2D eigenvalue weighted by Gasteiger charge is 2.31. The zero-order valence-electron chi connectivity index (χ0n) is 11.4. The van der Waals surface area contributed by atoms with Crippen LogP contribution in [0.2, 0.25) is 0 Å². The molecule has 0 bridgehead atoms. The minimum absolute atomic E-state index is 0.0312. The zero-order chi connectivity index (χ0) is 14.7. The topological polar surface area (TPSA) is 54.5 Å². The second-order valence-electron chi connectivity index (χ2n) is 4.91. The van der Waals surface area contributed by atoms with Crippen LogP contribution in [0.3, 0.4) is 0 Å². The molecule has 0 saturated carbocycles. The molecule has 1 aromatic heterocycles. The van der Waals surface area contributed by atoms with Gasteiger partial charge in [0.1, 0.15) is 11.9 Å². The van der Waals surface area contributed by atoms with Gasteiger partial charge in [0.05, 0.1) is 17.7 Å². The second kappa shape index (κ2) is 6.87. The molecule has 2 heterocycles. The van der Waals surface area contributed by atoms with Gasteiger partial charge in [0, 0.05) is 23.3 Å². The van der Waals surface area contributed by atoms with Crippen LogP contribution in [0.25, 0.3) is 0 Å². The molecular weight excluding hydrogens is 390 g/mol. The Hall–Kier alpha value is -0.660. The molecule has 0 aliphatic carbocycles. The summed E-state index contributed by atoms with van der Waals surface area (Å²) in [6.07, 6.45) is 1.73. The molecule has 7 heteroatoms. The van der Waals surface area contributed by atoms with Gasteiger partial charge in [-0.2, -0.15) is 0 Å². The van der Waals surface area contributed by atoms with Gasteiger partial charge in [-0.3, -0.25) is 4.79 Å². The number of pyridine rings is 1. The van der Waals surface area contributed by atoms with Crippen LogP contribution < -0.4 is 10.2 Å². The molecule has 1 aliphatic rings. The first-order chi connectivity index (χ1) is 9.49. The van der Waals surface area contributed by atoms with Crippen LogP contribution in [0, 0.1) is 0 Å². The summed E-state index contributed by atoms with van der Waals surface area (Å²) in [6.45, 7) is 5.50. The molecule has 20 heavy (non-hydrogen) atoms. The number of halogens is 2. The maximum absolute atomic E-state index is 12.3. The highest BCUT2D eigenvalue weighted by Crippen LogP contribution is 2.29. The lowest BCUT2D eigenvalue weighted by Crippen LogP contribution is -2.55. The minimum atomic E-state index is -0.351. The quantitative estimate of drug-likeness (QED) is 0.836. The number of nitrogens with one attached hydrogen (secondary N) is 1. The van der Waals surface area contributed by atoms with Crippen LogP contribution in [0.15, 0.2) is 21.2 Å². The molecule has 0 spiro atoms. The van der Waals surface area contributed by atoms with Gasteiger partial charge in [-0.25, -0.2) is 4.98 Å². The highest BCUT2D eigenvalue weighted by atomic mass is 79.9. The normalized spacial score (nSPS) is 19.2. The van der Waals surface area contributed by atoms with Crippen molar-refractivity contribution >= 4 is 43.6 Å². The van der Waals surface area contributed by atoms with Gasteiger partial charge in [0.15, 0.2) is 0 Å². The smallest absolute Gasteiger partial charge is 0.245 e. The van der Waals surface area contributed by atoms with Crippen LogP contribution in [-0.4, -0.2) is 42.7 Å². The maximum atomic E-state index is 12.3. The number of rotatable bonds is 3. The van der Waals surface area contributed by atoms with E-state index < -0.39 is 0 Å². The number of ether oxygens (including phenoxy) is 1. The standard InChI is InChI=1S/C13H17Br2N3O2/c1-8(2)17-13(19)11-7-20-4-3-18(11)12-10(15)5-9(14)6-16-12/h5-6,8,11H,3-4,7H2,1-2H3,(H,17,19). The van der Waals surface area contributed by atoms with Crippen LogP contribution in [-0.2, 0) is 9.53 Å². The van der Waals surface area contributed by atoms with Crippen molar-refractivity contribution in [1.29, 1.82) is 0 Å². The monoisotopic (exact) mass is 405 g/mol. The molecule has 1 fully saturated rings. The number of amides is 1. The van der Waals surface area contributed by atoms with Gasteiger partial charge >= 0.3 is 0 Å². The molecule has 1 aromatic rings. The Morgan fingerprint density at radius 2 is 2.30 bits per heavy atom. The van der Waals surface area contributed by atoms with E-state index in [0.29, 0.717) is 19.8 Å². The van der Waals surface area contributed by atoms with Crippen molar-refractivity contribution in [3.63, 3.8) is 0 Å². The molecule has 1 N–H and O–H groups in total. The number of nitrogens with zero attached hydrogens (tertiary/aromatic N) is 2. The van der Waals surface area contributed by atoms with E-state index in [1.165, 1.54) is 0 Å². The summed E-state index contributed by atoms with van der Waals surface area (Å²) in [7, 11) is 0. The third-order valence-electron chi connectivity index (χ3n) is 2.92. The Bertz CT molecular complexity index is 497. The molecule has 1 amide bonds. The molecule has 0 radical (unpaired) electrons. The van der Waals surface area contributed by atoms with Crippen molar-refractivity contribution < 1.29 is 9.53 Å². The highest BCUT2D eigenvalue weighted by molar-refractivity contribution is 9.11. The fourth-order valence-corrected chi connectivity index (χ4v) is 3.29. The number of hydrogen-bond acceptors (Lipinski definition) is 4. The molecular formula is C13H17Br2N3O2. The lowest BCUT2D eigenvalue weighted by molar-refractivity contribution is -0.125. The van der Waals surface area contributed by atoms with Crippen molar-refractivity contribution in [2.24, 2.45) is 0 Å². The van der Waals surface area contributed by atoms with E-state index in [1.54, 1.807) is 6.20 Å². The summed E-state index contributed by atoms with van der Waals surface area (Å²) in [6, 6.07) is 1.68. The fraction of sp³-hybridized carbons (Fsp3) is 0.538. The number of aromatic nitrogens is 1. The third kappa shape index (κ3) is 3.71. The first kappa shape index (κ1) is 15.7. The van der Waals surface area contributed by atoms with E-state index in [4.69, 9.17) is 4.74 Å². The molecule has 1 aliphatic heterocycles. The Kier molecular flexibility index (Phi) is 5.40. The van der Waals surface area contributed by atoms with Crippen LogP contribution in [0.1, 0.15) is 13.8 Å². The average Bonchev–Trinajstić information content (AvgIpc) is 2.38. The largest absolute Gasteiger partial charge is 0.377 e. The Balaban J connectivity index is 2.24. The van der Waals surface area contributed by atoms with Gasteiger partial charge in [-0.15, -0.1) is 0 Å². The number of carbonyl (C=O) groups excluding carboxylic acids is 1. The van der Waals surface area contributed by atoms with Gasteiger partial charge in [0.25, 0.3) is 0 Å². The number of carbonyl (C=O) groups is 1. The molecule has 2 rings (SSSR count). The van der Waals surface area contributed by atoms with Crippen molar-refractivity contribution in [2.45, 2.75) is 25.9 Å². The predicted molar refractivity (Wildman–Crippen MR) is 84.9 cm³/mol. The zero-order valence-corrected chi connectivity index (χ0v) is 14.6. The van der Waals surface area contributed by atoms with Crippen molar-refractivity contribution in [3.05, 3.63) is 21.2 Å². The molecule has 1 unspecified atom stereocenters. The Morgan fingerprint density at radius 1 is 1.55 bits per heavy atom. The lowest BCUT2D eigenvalue weighted by atomic mass is 10.2. The van der Waals surface area contributed by atoms with E-state index in [0.717, 1.165) is 14.8 Å². The Labute approximate surface area is 135 Å². The summed E-state index contributed by atoms with van der Waals surface area (Å²) < 4.78 is 7.20. The van der Waals surface area contributed by atoms with Crippen LogP contribution in [0.5, 0.6) is 0 Å². The predicted octanol–water partition coefficient (Wildman–Crippen LogP) is 2.34. The summed E-state index contributed by atoms with van der Waals surface area (Å²) in [5.74, 6) is 0.733. The Morgan fingerprint density at radius 3 is 2.95 bits per heavy atom. The van der Waals surface area contributed by atoms with Gasteiger partial charge in [-0.1, -0.05) is 0 Å². The molecule has 0 aromatic carbocycles. The number of anilines is 1. The average molecular weight is 407 g/mol. The number of morpholine rings is 1. The van der Waals surface area contributed by atoms with E-state index in [1.807, 2.05) is 24.8 Å². The third-order valence-corrected chi connectivity index (χ3v) is 3.94. The minimum Gasteiger partial charge on any atom is -0.377 e. The van der Waals surface area contributed by atoms with Crippen molar-refractivity contribution in [2.75, 3.05) is 24.7 Å². The maximum Gasteiger partial charge on any atom is 0.245 e. The van der Waals surface area contributed by atoms with Crippen molar-refractivity contribution in [1.82, 2.24) is 10.3 Å². The van der Waals surface area contributed by atoms with Gasteiger partial charge in [-0.05, 0) is 51.8 Å².